The minimum Gasteiger partial charge on any atom is -0.332 e. The molecule has 0 amide bonds. The van der Waals surface area contributed by atoms with E-state index in [0.717, 1.165) is 22.8 Å². The SMILES string of the molecule is Cc1cc(C)nc(N(C(=S)Nc2ccccc2)c2ccccc2)n1.[Na]. The van der Waals surface area contributed by atoms with E-state index in [0.29, 0.717) is 11.1 Å². The van der Waals surface area contributed by atoms with E-state index in [1.165, 1.54) is 0 Å². The normalized spacial score (nSPS) is 9.84. The summed E-state index contributed by atoms with van der Waals surface area (Å²) < 4.78 is 0. The van der Waals surface area contributed by atoms with Gasteiger partial charge in [0.05, 0.1) is 5.69 Å². The zero-order chi connectivity index (χ0) is 16.9. The molecule has 1 aromatic heterocycles. The number of para-hydroxylation sites is 2. The van der Waals surface area contributed by atoms with Crippen molar-refractivity contribution in [2.45, 2.75) is 13.8 Å². The van der Waals surface area contributed by atoms with Crippen LogP contribution in [0.4, 0.5) is 17.3 Å². The molecule has 0 spiro atoms. The van der Waals surface area contributed by atoms with Crippen LogP contribution in [0.1, 0.15) is 11.4 Å². The molecule has 25 heavy (non-hydrogen) atoms. The van der Waals surface area contributed by atoms with E-state index >= 15 is 0 Å². The van der Waals surface area contributed by atoms with Gasteiger partial charge in [-0.15, -0.1) is 0 Å². The molecule has 6 heteroatoms. The van der Waals surface area contributed by atoms with E-state index in [2.05, 4.69) is 15.3 Å². The number of rotatable bonds is 3. The summed E-state index contributed by atoms with van der Waals surface area (Å²) in [6, 6.07) is 21.7. The van der Waals surface area contributed by atoms with Gasteiger partial charge in [0.1, 0.15) is 0 Å². The van der Waals surface area contributed by atoms with Crippen LogP contribution in [0, 0.1) is 13.8 Å². The second kappa shape index (κ2) is 9.06. The molecule has 4 nitrogen and oxygen atoms in total. The summed E-state index contributed by atoms with van der Waals surface area (Å²) in [6.45, 7) is 3.91. The molecule has 1 radical (unpaired) electrons. The summed E-state index contributed by atoms with van der Waals surface area (Å²) in [5, 5.41) is 3.78. The van der Waals surface area contributed by atoms with Crippen LogP contribution in [-0.4, -0.2) is 44.6 Å². The molecule has 0 saturated heterocycles. The zero-order valence-corrected chi connectivity index (χ0v) is 17.4. The molecule has 3 aromatic rings. The Balaban J connectivity index is 0.00000225. The first kappa shape index (κ1) is 19.5. The average molecular weight is 357 g/mol. The molecule has 121 valence electrons. The molecular formula is C19H18N4NaS. The number of thiocarbonyl (C=S) groups is 1. The maximum absolute atomic E-state index is 5.64. The maximum Gasteiger partial charge on any atom is 0.236 e. The summed E-state index contributed by atoms with van der Waals surface area (Å²) >= 11 is 5.64. The summed E-state index contributed by atoms with van der Waals surface area (Å²) in [7, 11) is 0. The molecule has 0 saturated carbocycles. The van der Waals surface area contributed by atoms with Crippen molar-refractivity contribution >= 4 is 64.2 Å². The first-order valence-corrected chi connectivity index (χ1v) is 8.08. The second-order valence-corrected chi connectivity index (χ2v) is 5.80. The fraction of sp³-hybridized carbons (Fsp3) is 0.105. The number of nitrogens with zero attached hydrogens (tertiary/aromatic N) is 3. The standard InChI is InChI=1S/C19H18N4S.Na/c1-14-13-15(2)21-18(20-14)23(17-11-7-4-8-12-17)19(24)22-16-9-5-3-6-10-16;/h3-13H,1-2H3,(H,22,24);. The van der Waals surface area contributed by atoms with E-state index in [9.17, 15) is 0 Å². The van der Waals surface area contributed by atoms with E-state index in [1.54, 1.807) is 0 Å². The predicted molar refractivity (Wildman–Crippen MR) is 109 cm³/mol. The smallest absolute Gasteiger partial charge is 0.236 e. The fourth-order valence-electron chi connectivity index (χ4n) is 2.41. The van der Waals surface area contributed by atoms with Crippen molar-refractivity contribution in [2.24, 2.45) is 0 Å². The Bertz CT molecular complexity index is 820. The Morgan fingerprint density at radius 2 is 1.40 bits per heavy atom. The monoisotopic (exact) mass is 357 g/mol. The molecule has 0 aliphatic carbocycles. The van der Waals surface area contributed by atoms with Gasteiger partial charge in [0.25, 0.3) is 0 Å². The molecule has 0 aliphatic heterocycles. The van der Waals surface area contributed by atoms with Gasteiger partial charge in [0.15, 0.2) is 5.11 Å². The molecule has 0 unspecified atom stereocenters. The summed E-state index contributed by atoms with van der Waals surface area (Å²) in [4.78, 5) is 11.0. The van der Waals surface area contributed by atoms with Crippen molar-refractivity contribution in [2.75, 3.05) is 10.2 Å². The van der Waals surface area contributed by atoms with Gasteiger partial charge < -0.3 is 5.32 Å². The Hall–Kier alpha value is -1.79. The third kappa shape index (κ3) is 5.09. The van der Waals surface area contributed by atoms with Crippen LogP contribution < -0.4 is 10.2 Å². The van der Waals surface area contributed by atoms with Crippen molar-refractivity contribution in [1.29, 1.82) is 0 Å². The molecule has 1 N–H and O–H groups in total. The van der Waals surface area contributed by atoms with Gasteiger partial charge in [0, 0.05) is 46.6 Å². The molecule has 0 fully saturated rings. The van der Waals surface area contributed by atoms with E-state index in [4.69, 9.17) is 12.2 Å². The second-order valence-electron chi connectivity index (χ2n) is 5.42. The van der Waals surface area contributed by atoms with Crippen LogP contribution in [0.15, 0.2) is 66.7 Å². The number of hydrogen-bond acceptors (Lipinski definition) is 3. The van der Waals surface area contributed by atoms with Gasteiger partial charge in [-0.3, -0.25) is 4.90 Å². The van der Waals surface area contributed by atoms with Crippen LogP contribution >= 0.6 is 12.2 Å². The number of benzene rings is 2. The van der Waals surface area contributed by atoms with Crippen molar-refractivity contribution in [3.63, 3.8) is 0 Å². The molecule has 0 bridgehead atoms. The van der Waals surface area contributed by atoms with Crippen LogP contribution in [0.3, 0.4) is 0 Å². The van der Waals surface area contributed by atoms with Crippen LogP contribution in [-0.2, 0) is 0 Å². The first-order chi connectivity index (χ1) is 11.6. The largest absolute Gasteiger partial charge is 0.332 e. The van der Waals surface area contributed by atoms with Crippen molar-refractivity contribution in [3.8, 4) is 0 Å². The van der Waals surface area contributed by atoms with Gasteiger partial charge in [0.2, 0.25) is 5.95 Å². The molecule has 1 heterocycles. The van der Waals surface area contributed by atoms with E-state index in [1.807, 2.05) is 85.5 Å². The number of aromatic nitrogens is 2. The minimum absolute atomic E-state index is 0. The molecule has 3 rings (SSSR count). The predicted octanol–water partition coefficient (Wildman–Crippen LogP) is 4.25. The van der Waals surface area contributed by atoms with Gasteiger partial charge in [-0.2, -0.15) is 0 Å². The number of hydrogen-bond donors (Lipinski definition) is 1. The Morgan fingerprint density at radius 1 is 0.880 bits per heavy atom. The molecular weight excluding hydrogens is 339 g/mol. The van der Waals surface area contributed by atoms with E-state index in [-0.39, 0.29) is 29.6 Å². The zero-order valence-electron chi connectivity index (χ0n) is 14.6. The summed E-state index contributed by atoms with van der Waals surface area (Å²) in [6.07, 6.45) is 0. The van der Waals surface area contributed by atoms with Gasteiger partial charge in [-0.1, -0.05) is 36.4 Å². The summed E-state index contributed by atoms with van der Waals surface area (Å²) in [5.41, 5.74) is 3.64. The quantitative estimate of drug-likeness (QED) is 0.561. The van der Waals surface area contributed by atoms with E-state index < -0.39 is 0 Å². The van der Waals surface area contributed by atoms with Gasteiger partial charge in [-0.05, 0) is 56.4 Å². The number of nitrogens with one attached hydrogen (secondary N) is 1. The first-order valence-electron chi connectivity index (χ1n) is 7.67. The Labute approximate surface area is 175 Å². The third-order valence-electron chi connectivity index (χ3n) is 3.41. The minimum atomic E-state index is 0. The average Bonchev–Trinajstić information content (AvgIpc) is 2.56. The maximum atomic E-state index is 5.64. The van der Waals surface area contributed by atoms with Crippen molar-refractivity contribution < 1.29 is 0 Å². The van der Waals surface area contributed by atoms with Crippen molar-refractivity contribution in [1.82, 2.24) is 9.97 Å². The fourth-order valence-corrected chi connectivity index (χ4v) is 2.71. The molecule has 2 aromatic carbocycles. The Kier molecular flexibility index (Phi) is 7.08. The molecule has 0 aliphatic rings. The van der Waals surface area contributed by atoms with Crippen LogP contribution in [0.5, 0.6) is 0 Å². The topological polar surface area (TPSA) is 41.1 Å². The van der Waals surface area contributed by atoms with Crippen LogP contribution in [0.25, 0.3) is 0 Å². The molecule has 0 atom stereocenters. The number of aryl methyl sites for hydroxylation is 2. The summed E-state index contributed by atoms with van der Waals surface area (Å²) in [5.74, 6) is 0.562. The number of anilines is 3. The third-order valence-corrected chi connectivity index (χ3v) is 3.70. The Morgan fingerprint density at radius 3 is 1.96 bits per heavy atom. The van der Waals surface area contributed by atoms with Gasteiger partial charge in [-0.25, -0.2) is 9.97 Å². The van der Waals surface area contributed by atoms with Crippen LogP contribution in [0.2, 0.25) is 0 Å². The van der Waals surface area contributed by atoms with Gasteiger partial charge >= 0.3 is 0 Å². The van der Waals surface area contributed by atoms with Crippen molar-refractivity contribution in [3.05, 3.63) is 78.1 Å².